The van der Waals surface area contributed by atoms with Crippen LogP contribution in [0, 0.1) is 5.41 Å². The number of pyridine rings is 1. The second-order valence-corrected chi connectivity index (χ2v) is 12.8. The summed E-state index contributed by atoms with van der Waals surface area (Å²) in [4.78, 5) is 22.7. The van der Waals surface area contributed by atoms with E-state index in [1.165, 1.54) is 25.9 Å². The van der Waals surface area contributed by atoms with Gasteiger partial charge in [-0.2, -0.15) is 5.10 Å². The fourth-order valence-electron chi connectivity index (χ4n) is 6.67. The number of anilines is 2. The van der Waals surface area contributed by atoms with Gasteiger partial charge in [-0.1, -0.05) is 44.2 Å². The maximum Gasteiger partial charge on any atom is 0.230 e. The first kappa shape index (κ1) is 28.4. The van der Waals surface area contributed by atoms with Gasteiger partial charge in [-0.3, -0.25) is 9.69 Å². The average molecular weight is 566 g/mol. The van der Waals surface area contributed by atoms with E-state index >= 15 is 0 Å². The molecule has 0 atom stereocenters. The van der Waals surface area contributed by atoms with Gasteiger partial charge in [0.1, 0.15) is 11.3 Å². The van der Waals surface area contributed by atoms with Gasteiger partial charge in [0.05, 0.1) is 11.4 Å². The van der Waals surface area contributed by atoms with Crippen molar-refractivity contribution in [3.63, 3.8) is 0 Å². The molecule has 0 spiro atoms. The first-order valence-electron chi connectivity index (χ1n) is 15.3. The molecule has 2 aromatic heterocycles. The molecule has 1 aliphatic heterocycles. The maximum atomic E-state index is 13.2. The number of nitrogens with zero attached hydrogens (tertiary/aromatic N) is 5. The highest BCUT2D eigenvalue weighted by Gasteiger charge is 2.31. The van der Waals surface area contributed by atoms with Crippen molar-refractivity contribution in [2.75, 3.05) is 44.3 Å². The third-order valence-corrected chi connectivity index (χ3v) is 9.26. The summed E-state index contributed by atoms with van der Waals surface area (Å²) >= 11 is 0. The molecule has 1 aliphatic carbocycles. The monoisotopic (exact) mass is 565 g/mol. The van der Waals surface area contributed by atoms with Crippen molar-refractivity contribution in [2.24, 2.45) is 5.41 Å². The number of piperazine rings is 1. The van der Waals surface area contributed by atoms with Gasteiger partial charge in [0.15, 0.2) is 0 Å². The Labute approximate surface area is 248 Å². The summed E-state index contributed by atoms with van der Waals surface area (Å²) in [6.45, 7) is 8.63. The van der Waals surface area contributed by atoms with Crippen LogP contribution in [-0.2, 0) is 11.2 Å². The van der Waals surface area contributed by atoms with Crippen LogP contribution in [0.2, 0.25) is 0 Å². The number of carbonyl (C=O) groups excluding carboxylic acids is 1. The number of nitrogen functional groups attached to an aromatic ring is 1. The highest BCUT2D eigenvalue weighted by atomic mass is 16.2. The average Bonchev–Trinajstić information content (AvgIpc) is 3.39. The molecule has 8 nitrogen and oxygen atoms in total. The van der Waals surface area contributed by atoms with E-state index in [0.717, 1.165) is 59.5 Å². The Balaban J connectivity index is 1.18. The van der Waals surface area contributed by atoms with Crippen molar-refractivity contribution >= 4 is 28.3 Å². The quantitative estimate of drug-likeness (QED) is 0.308. The number of likely N-dealkylation sites (N-methyl/N-ethyl adjacent to an activating group) is 1. The first-order valence-corrected chi connectivity index (χ1v) is 15.3. The molecule has 0 unspecified atom stereocenters. The molecule has 1 saturated heterocycles. The summed E-state index contributed by atoms with van der Waals surface area (Å²) in [7, 11) is 2.22. The molecule has 220 valence electrons. The summed E-state index contributed by atoms with van der Waals surface area (Å²) in [5.41, 5.74) is 10.7. The van der Waals surface area contributed by atoms with Crippen LogP contribution in [0.3, 0.4) is 0 Å². The summed E-state index contributed by atoms with van der Waals surface area (Å²) in [6.07, 6.45) is 7.14. The minimum atomic E-state index is -0.545. The molecule has 2 fully saturated rings. The smallest absolute Gasteiger partial charge is 0.230 e. The molecule has 1 saturated carbocycles. The highest BCUT2D eigenvalue weighted by molar-refractivity contribution is 5.95. The Morgan fingerprint density at radius 3 is 2.33 bits per heavy atom. The molecule has 6 rings (SSSR count). The van der Waals surface area contributed by atoms with Gasteiger partial charge < -0.3 is 16.0 Å². The van der Waals surface area contributed by atoms with Crippen LogP contribution in [0.25, 0.3) is 16.6 Å². The number of aromatic nitrogens is 3. The Bertz CT molecular complexity index is 1510. The van der Waals surface area contributed by atoms with E-state index in [9.17, 15) is 4.79 Å². The van der Waals surface area contributed by atoms with Gasteiger partial charge in [-0.15, -0.1) is 0 Å². The number of benzene rings is 2. The zero-order chi connectivity index (χ0) is 29.3. The molecule has 1 amide bonds. The number of nitrogens with one attached hydrogen (secondary N) is 1. The molecule has 42 heavy (non-hydrogen) atoms. The van der Waals surface area contributed by atoms with Gasteiger partial charge >= 0.3 is 0 Å². The van der Waals surface area contributed by atoms with Gasteiger partial charge in [-0.05, 0) is 75.0 Å². The van der Waals surface area contributed by atoms with E-state index < -0.39 is 5.41 Å². The highest BCUT2D eigenvalue weighted by Crippen LogP contribution is 2.39. The van der Waals surface area contributed by atoms with Crippen LogP contribution in [0.5, 0.6) is 0 Å². The zero-order valence-corrected chi connectivity index (χ0v) is 25.1. The lowest BCUT2D eigenvalue weighted by atomic mass is 9.82. The third kappa shape index (κ3) is 5.92. The Kier molecular flexibility index (Phi) is 8.01. The second kappa shape index (κ2) is 11.9. The molecule has 2 aromatic carbocycles. The minimum absolute atomic E-state index is 0.00782. The van der Waals surface area contributed by atoms with Crippen LogP contribution in [0.1, 0.15) is 56.7 Å². The van der Waals surface area contributed by atoms with Crippen molar-refractivity contribution in [3.8, 4) is 5.69 Å². The molecule has 3 N–H and O–H groups in total. The molecular weight excluding hydrogens is 522 g/mol. The van der Waals surface area contributed by atoms with Crippen LogP contribution < -0.4 is 11.1 Å². The van der Waals surface area contributed by atoms with Crippen molar-refractivity contribution in [1.29, 1.82) is 0 Å². The molecular formula is C34H43N7O. The lowest BCUT2D eigenvalue weighted by Gasteiger charge is -2.41. The number of hydrogen-bond acceptors (Lipinski definition) is 6. The fraction of sp³-hybridized carbons (Fsp3) is 0.441. The number of nitrogens with two attached hydrogens (primary N) is 1. The maximum absolute atomic E-state index is 13.2. The van der Waals surface area contributed by atoms with E-state index in [0.29, 0.717) is 24.2 Å². The Morgan fingerprint density at radius 1 is 0.952 bits per heavy atom. The number of amides is 1. The van der Waals surface area contributed by atoms with Crippen molar-refractivity contribution in [1.82, 2.24) is 24.6 Å². The Hall–Kier alpha value is -3.75. The van der Waals surface area contributed by atoms with E-state index in [2.05, 4.69) is 45.3 Å². The summed E-state index contributed by atoms with van der Waals surface area (Å²) in [5, 5.41) is 9.35. The topological polar surface area (TPSA) is 92.3 Å². The SMILES string of the molecule is CN1CCN([C@H]2CC[C@H](c3nn(-c4ccc(NC(=O)C(C)(C)Cc5ccccc5)cc4)c4c(N)nccc43)CC2)CC1. The molecule has 3 heterocycles. The van der Waals surface area contributed by atoms with Crippen molar-refractivity contribution < 1.29 is 4.79 Å². The molecule has 2 aliphatic rings. The molecule has 4 aromatic rings. The number of carbonyl (C=O) groups is 1. The fourth-order valence-corrected chi connectivity index (χ4v) is 6.67. The van der Waals surface area contributed by atoms with E-state index in [4.69, 9.17) is 10.8 Å². The van der Waals surface area contributed by atoms with Gasteiger partial charge in [0, 0.05) is 60.8 Å². The van der Waals surface area contributed by atoms with Crippen LogP contribution in [-0.4, -0.2) is 69.7 Å². The van der Waals surface area contributed by atoms with E-state index in [1.807, 2.05) is 61.0 Å². The second-order valence-electron chi connectivity index (χ2n) is 12.8. The van der Waals surface area contributed by atoms with Crippen LogP contribution >= 0.6 is 0 Å². The lowest BCUT2D eigenvalue weighted by Crippen LogP contribution is -2.49. The van der Waals surface area contributed by atoms with Gasteiger partial charge in [0.2, 0.25) is 5.91 Å². The van der Waals surface area contributed by atoms with Crippen LogP contribution in [0.15, 0.2) is 66.9 Å². The third-order valence-electron chi connectivity index (χ3n) is 9.26. The van der Waals surface area contributed by atoms with E-state index in [-0.39, 0.29) is 5.91 Å². The Morgan fingerprint density at radius 2 is 1.64 bits per heavy atom. The summed E-state index contributed by atoms with van der Waals surface area (Å²) in [5.74, 6) is 0.883. The summed E-state index contributed by atoms with van der Waals surface area (Å²) < 4.78 is 1.94. The van der Waals surface area contributed by atoms with Crippen LogP contribution in [0.4, 0.5) is 11.5 Å². The predicted octanol–water partition coefficient (Wildman–Crippen LogP) is 5.48. The summed E-state index contributed by atoms with van der Waals surface area (Å²) in [6, 6.07) is 20.7. The minimum Gasteiger partial charge on any atom is -0.382 e. The molecule has 0 bridgehead atoms. The van der Waals surface area contributed by atoms with Gasteiger partial charge in [-0.25, -0.2) is 9.67 Å². The molecule has 0 radical (unpaired) electrons. The normalized spacial score (nSPS) is 20.5. The zero-order valence-electron chi connectivity index (χ0n) is 25.1. The first-order chi connectivity index (χ1) is 20.3. The largest absolute Gasteiger partial charge is 0.382 e. The van der Waals surface area contributed by atoms with Gasteiger partial charge in [0.25, 0.3) is 0 Å². The van der Waals surface area contributed by atoms with E-state index in [1.54, 1.807) is 6.20 Å². The number of rotatable bonds is 7. The van der Waals surface area contributed by atoms with Crippen molar-refractivity contribution in [3.05, 3.63) is 78.1 Å². The number of fused-ring (bicyclic) bond motifs is 1. The van der Waals surface area contributed by atoms with Crippen molar-refractivity contribution in [2.45, 2.75) is 57.9 Å². The predicted molar refractivity (Wildman–Crippen MR) is 170 cm³/mol. The number of hydrogen-bond donors (Lipinski definition) is 2. The molecule has 8 heteroatoms. The lowest BCUT2D eigenvalue weighted by molar-refractivity contribution is -0.123. The standard InChI is InChI=1S/C34H43N7O/c1-34(2,23-24-7-5-4-6-8-24)33(42)37-26-11-15-28(16-12-26)41-31-29(17-18-36-32(31)35)30(38-41)25-9-13-27(14-10-25)40-21-19-39(3)20-22-40/h4-8,11-12,15-18,25,27H,9-10,13-14,19-23H2,1-3H3,(H2,35,36)(H,37,42)/t25-,27-.